The van der Waals surface area contributed by atoms with Gasteiger partial charge in [0.1, 0.15) is 6.04 Å². The molecule has 25 heavy (non-hydrogen) atoms. The first kappa shape index (κ1) is 19.2. The lowest BCUT2D eigenvalue weighted by molar-refractivity contribution is -0.136. The van der Waals surface area contributed by atoms with Gasteiger partial charge in [0.05, 0.1) is 6.61 Å². The van der Waals surface area contributed by atoms with Gasteiger partial charge in [-0.3, -0.25) is 4.79 Å². The molecule has 3 amide bonds. The van der Waals surface area contributed by atoms with Gasteiger partial charge in [-0.25, -0.2) is 4.79 Å². The molecule has 1 aliphatic heterocycles. The van der Waals surface area contributed by atoms with E-state index >= 15 is 0 Å². The van der Waals surface area contributed by atoms with Crippen molar-refractivity contribution in [3.05, 3.63) is 35.4 Å². The van der Waals surface area contributed by atoms with Crippen LogP contribution in [0.4, 0.5) is 4.79 Å². The summed E-state index contributed by atoms with van der Waals surface area (Å²) in [7, 11) is 1.65. The summed E-state index contributed by atoms with van der Waals surface area (Å²) in [5.41, 5.74) is 2.05. The minimum atomic E-state index is -0.527. The second kappa shape index (κ2) is 9.42. The Bertz CT molecular complexity index is 591. The number of methoxy groups -OCH3 is 1. The maximum Gasteiger partial charge on any atom is 0.315 e. The van der Waals surface area contributed by atoms with Crippen LogP contribution in [0.15, 0.2) is 24.3 Å². The average molecular weight is 347 g/mol. The molecule has 2 rings (SSSR count). The summed E-state index contributed by atoms with van der Waals surface area (Å²) in [6, 6.07) is 7.25. The molecule has 6 heteroatoms. The minimum absolute atomic E-state index is 0.00978. The van der Waals surface area contributed by atoms with Crippen LogP contribution in [0.25, 0.3) is 0 Å². The van der Waals surface area contributed by atoms with Crippen LogP contribution in [0.2, 0.25) is 0 Å². The molecule has 1 aliphatic rings. The molecule has 0 bridgehead atoms. The number of hydrogen-bond acceptors (Lipinski definition) is 3. The van der Waals surface area contributed by atoms with Gasteiger partial charge in [0.25, 0.3) is 0 Å². The monoisotopic (exact) mass is 347 g/mol. The number of nitrogens with one attached hydrogen (secondary N) is 2. The van der Waals surface area contributed by atoms with Crippen LogP contribution in [0, 0.1) is 0 Å². The minimum Gasteiger partial charge on any atom is -0.380 e. The number of nitrogens with zero attached hydrogens (tertiary/aromatic N) is 1. The maximum atomic E-state index is 12.5. The highest BCUT2D eigenvalue weighted by molar-refractivity contribution is 5.87. The van der Waals surface area contributed by atoms with Crippen molar-refractivity contribution in [2.75, 3.05) is 13.7 Å². The van der Waals surface area contributed by atoms with Crippen molar-refractivity contribution in [1.29, 1.82) is 0 Å². The topological polar surface area (TPSA) is 70.7 Å². The van der Waals surface area contributed by atoms with E-state index in [4.69, 9.17) is 4.74 Å². The van der Waals surface area contributed by atoms with E-state index < -0.39 is 6.04 Å². The molecule has 0 spiro atoms. The summed E-state index contributed by atoms with van der Waals surface area (Å²) in [5, 5.41) is 5.55. The Morgan fingerprint density at radius 1 is 1.32 bits per heavy atom. The van der Waals surface area contributed by atoms with Gasteiger partial charge in [0, 0.05) is 26.2 Å². The molecule has 0 radical (unpaired) electrons. The third kappa shape index (κ3) is 5.74. The van der Waals surface area contributed by atoms with E-state index in [1.165, 1.54) is 0 Å². The van der Waals surface area contributed by atoms with Gasteiger partial charge >= 0.3 is 6.03 Å². The van der Waals surface area contributed by atoms with Gasteiger partial charge in [-0.1, -0.05) is 24.3 Å². The number of piperidine rings is 1. The molecule has 2 N–H and O–H groups in total. The Balaban J connectivity index is 1.81. The number of ether oxygens (including phenoxy) is 1. The molecule has 1 aromatic carbocycles. The first-order valence-electron chi connectivity index (χ1n) is 8.93. The predicted octanol–water partition coefficient (Wildman–Crippen LogP) is 2.42. The number of rotatable bonds is 6. The fourth-order valence-electron chi connectivity index (χ4n) is 3.16. The van der Waals surface area contributed by atoms with Crippen molar-refractivity contribution in [2.24, 2.45) is 0 Å². The van der Waals surface area contributed by atoms with E-state index in [0.29, 0.717) is 13.2 Å². The van der Waals surface area contributed by atoms with Gasteiger partial charge in [0.2, 0.25) is 5.91 Å². The first-order chi connectivity index (χ1) is 12.0. The van der Waals surface area contributed by atoms with Crippen molar-refractivity contribution < 1.29 is 14.3 Å². The molecule has 2 atom stereocenters. The van der Waals surface area contributed by atoms with Crippen molar-refractivity contribution in [3.8, 4) is 0 Å². The third-order valence-electron chi connectivity index (χ3n) is 4.56. The number of likely N-dealkylation sites (tertiary alicyclic amines) is 1. The Morgan fingerprint density at radius 2 is 2.08 bits per heavy atom. The quantitative estimate of drug-likeness (QED) is 0.830. The van der Waals surface area contributed by atoms with Crippen LogP contribution in [-0.2, 0) is 22.7 Å². The van der Waals surface area contributed by atoms with E-state index in [0.717, 1.165) is 36.9 Å². The van der Waals surface area contributed by atoms with E-state index in [1.807, 2.05) is 29.2 Å². The maximum absolute atomic E-state index is 12.5. The highest BCUT2D eigenvalue weighted by atomic mass is 16.5. The van der Waals surface area contributed by atoms with Crippen LogP contribution in [0.1, 0.15) is 44.2 Å². The van der Waals surface area contributed by atoms with Crippen LogP contribution < -0.4 is 10.6 Å². The second-order valence-corrected chi connectivity index (χ2v) is 6.68. The Morgan fingerprint density at radius 3 is 2.80 bits per heavy atom. The molecule has 1 fully saturated rings. The van der Waals surface area contributed by atoms with Crippen molar-refractivity contribution in [1.82, 2.24) is 15.5 Å². The molecular weight excluding hydrogens is 318 g/mol. The highest BCUT2D eigenvalue weighted by Crippen LogP contribution is 2.17. The van der Waals surface area contributed by atoms with E-state index in [9.17, 15) is 9.59 Å². The van der Waals surface area contributed by atoms with Crippen LogP contribution in [-0.4, -0.2) is 42.6 Å². The van der Waals surface area contributed by atoms with E-state index in [1.54, 1.807) is 14.0 Å². The Hall–Kier alpha value is -2.08. The molecular formula is C19H29N3O3. The van der Waals surface area contributed by atoms with Gasteiger partial charge in [0.15, 0.2) is 0 Å². The highest BCUT2D eigenvalue weighted by Gasteiger charge is 2.27. The normalized spacial score (nSPS) is 18.5. The summed E-state index contributed by atoms with van der Waals surface area (Å²) in [4.78, 5) is 26.5. The lowest BCUT2D eigenvalue weighted by atomic mass is 10.0. The number of hydrogen-bond donors (Lipinski definition) is 2. The second-order valence-electron chi connectivity index (χ2n) is 6.68. The fraction of sp³-hybridized carbons (Fsp3) is 0.579. The molecule has 0 unspecified atom stereocenters. The summed E-state index contributed by atoms with van der Waals surface area (Å²) < 4.78 is 5.11. The molecule has 1 saturated heterocycles. The number of carbonyl (C=O) groups excluding carboxylic acids is 2. The number of carbonyl (C=O) groups is 2. The van der Waals surface area contributed by atoms with Crippen molar-refractivity contribution >= 4 is 11.9 Å². The Kier molecular flexibility index (Phi) is 7.25. The lowest BCUT2D eigenvalue weighted by Crippen LogP contribution is -2.53. The third-order valence-corrected chi connectivity index (χ3v) is 4.56. The smallest absolute Gasteiger partial charge is 0.315 e. The molecule has 1 aromatic rings. The Labute approximate surface area is 149 Å². The van der Waals surface area contributed by atoms with Gasteiger partial charge in [-0.05, 0) is 44.2 Å². The van der Waals surface area contributed by atoms with E-state index in [2.05, 4.69) is 17.6 Å². The SMILES string of the molecule is COCc1cccc(CNC(=O)N[C@H](C)C(=O)N2CCCC[C@@H]2C)c1. The van der Waals surface area contributed by atoms with Gasteiger partial charge in [-0.15, -0.1) is 0 Å². The zero-order valence-electron chi connectivity index (χ0n) is 15.4. The van der Waals surface area contributed by atoms with Crippen LogP contribution >= 0.6 is 0 Å². The van der Waals surface area contributed by atoms with Gasteiger partial charge in [-0.2, -0.15) is 0 Å². The largest absolute Gasteiger partial charge is 0.380 e. The van der Waals surface area contributed by atoms with Crippen LogP contribution in [0.5, 0.6) is 0 Å². The average Bonchev–Trinajstić information content (AvgIpc) is 2.60. The number of benzene rings is 1. The summed E-state index contributed by atoms with van der Waals surface area (Å²) in [6.07, 6.45) is 3.23. The molecule has 0 saturated carbocycles. The van der Waals surface area contributed by atoms with E-state index in [-0.39, 0.29) is 18.0 Å². The molecule has 0 aromatic heterocycles. The standard InChI is InChI=1S/C19H29N3O3/c1-14-7-4-5-10-22(14)18(23)15(2)21-19(24)20-12-16-8-6-9-17(11-16)13-25-3/h6,8-9,11,14-15H,4-5,7,10,12-13H2,1-3H3,(H2,20,21,24)/t14-,15+/m0/s1. The molecule has 138 valence electrons. The zero-order valence-corrected chi connectivity index (χ0v) is 15.4. The van der Waals surface area contributed by atoms with Gasteiger partial charge < -0.3 is 20.3 Å². The fourth-order valence-corrected chi connectivity index (χ4v) is 3.16. The summed E-state index contributed by atoms with van der Waals surface area (Å²) in [5.74, 6) is -0.00978. The predicted molar refractivity (Wildman–Crippen MR) is 97.0 cm³/mol. The summed E-state index contributed by atoms with van der Waals surface area (Å²) >= 11 is 0. The van der Waals surface area contributed by atoms with Crippen molar-refractivity contribution in [3.63, 3.8) is 0 Å². The number of urea groups is 1. The zero-order chi connectivity index (χ0) is 18.2. The molecule has 1 heterocycles. The van der Waals surface area contributed by atoms with Crippen molar-refractivity contribution in [2.45, 2.75) is 58.3 Å². The number of amides is 3. The summed E-state index contributed by atoms with van der Waals surface area (Å²) in [6.45, 7) is 5.53. The molecule has 0 aliphatic carbocycles. The molecule has 6 nitrogen and oxygen atoms in total. The van der Waals surface area contributed by atoms with Crippen LogP contribution in [0.3, 0.4) is 0 Å². The lowest BCUT2D eigenvalue weighted by Gasteiger charge is -2.35. The first-order valence-corrected chi connectivity index (χ1v) is 8.93.